The number of hydrogen-bond acceptors (Lipinski definition) is 6. The highest BCUT2D eigenvalue weighted by molar-refractivity contribution is 7.15. The molecule has 2 aromatic heterocycles. The molecule has 0 aliphatic heterocycles. The first-order valence-corrected chi connectivity index (χ1v) is 10.8. The molecule has 2 heterocycles. The van der Waals surface area contributed by atoms with Crippen molar-refractivity contribution < 1.29 is 9.53 Å². The van der Waals surface area contributed by atoms with Crippen molar-refractivity contribution in [3.05, 3.63) is 56.5 Å². The van der Waals surface area contributed by atoms with Crippen LogP contribution in [0.15, 0.2) is 29.6 Å². The third-order valence-electron chi connectivity index (χ3n) is 4.42. The van der Waals surface area contributed by atoms with Gasteiger partial charge in [-0.2, -0.15) is 0 Å². The van der Waals surface area contributed by atoms with Crippen molar-refractivity contribution in [2.75, 3.05) is 5.32 Å². The molecule has 1 aliphatic carbocycles. The Morgan fingerprint density at radius 1 is 1.19 bits per heavy atom. The molecule has 27 heavy (non-hydrogen) atoms. The second-order valence-electron chi connectivity index (χ2n) is 6.66. The molecule has 0 atom stereocenters. The summed E-state index contributed by atoms with van der Waals surface area (Å²) in [6, 6.07) is 7.93. The second kappa shape index (κ2) is 8.19. The van der Waals surface area contributed by atoms with Crippen molar-refractivity contribution >= 4 is 33.7 Å². The largest absolute Gasteiger partial charge is 0.486 e. The lowest BCUT2D eigenvalue weighted by Gasteiger charge is -2.06. The summed E-state index contributed by atoms with van der Waals surface area (Å²) in [6.45, 7) is 2.46. The zero-order valence-electron chi connectivity index (χ0n) is 15.2. The van der Waals surface area contributed by atoms with E-state index in [1.807, 2.05) is 36.6 Å². The van der Waals surface area contributed by atoms with Gasteiger partial charge in [0.1, 0.15) is 17.4 Å². The van der Waals surface area contributed by atoms with Crippen LogP contribution in [0.1, 0.15) is 39.7 Å². The molecule has 5 nitrogen and oxygen atoms in total. The molecule has 140 valence electrons. The predicted octanol–water partition coefficient (Wildman–Crippen LogP) is 4.55. The number of carbonyl (C=O) groups is 1. The van der Waals surface area contributed by atoms with Crippen molar-refractivity contribution in [1.82, 2.24) is 9.97 Å². The number of fused-ring (bicyclic) bond motifs is 1. The SMILES string of the molecule is Cc1ccc(OCc2nc(CC(=O)Nc3nc4c(s3)CCCC4)cs2)cc1. The zero-order chi connectivity index (χ0) is 18.6. The molecule has 7 heteroatoms. The maximum absolute atomic E-state index is 12.3. The van der Waals surface area contributed by atoms with Crippen LogP contribution in [0.5, 0.6) is 5.75 Å². The smallest absolute Gasteiger partial charge is 0.232 e. The molecular weight excluding hydrogens is 378 g/mol. The summed E-state index contributed by atoms with van der Waals surface area (Å²) in [6.07, 6.45) is 4.77. The van der Waals surface area contributed by atoms with Gasteiger partial charge in [0.25, 0.3) is 0 Å². The van der Waals surface area contributed by atoms with E-state index in [9.17, 15) is 4.79 Å². The van der Waals surface area contributed by atoms with Crippen molar-refractivity contribution in [3.8, 4) is 5.75 Å². The standard InChI is InChI=1S/C20H21N3O2S2/c1-13-6-8-15(9-7-13)25-11-19-21-14(12-26-19)10-18(24)23-20-22-16-4-2-3-5-17(16)27-20/h6-9,12H,2-5,10-11H2,1H3,(H,22,23,24). The number of aromatic nitrogens is 2. The van der Waals surface area contributed by atoms with E-state index in [1.54, 1.807) is 11.3 Å². The number of benzene rings is 1. The minimum atomic E-state index is -0.0719. The number of nitrogens with one attached hydrogen (secondary N) is 1. The molecule has 4 rings (SSSR count). The van der Waals surface area contributed by atoms with Crippen LogP contribution in [0.2, 0.25) is 0 Å². The highest BCUT2D eigenvalue weighted by Gasteiger charge is 2.17. The highest BCUT2D eigenvalue weighted by atomic mass is 32.1. The van der Waals surface area contributed by atoms with Crippen molar-refractivity contribution in [2.45, 2.75) is 45.6 Å². The average molecular weight is 400 g/mol. The molecule has 3 aromatic rings. The van der Waals surface area contributed by atoms with Gasteiger partial charge >= 0.3 is 0 Å². The summed E-state index contributed by atoms with van der Waals surface area (Å²) in [5.41, 5.74) is 3.12. The summed E-state index contributed by atoms with van der Waals surface area (Å²) < 4.78 is 5.75. The first-order valence-electron chi connectivity index (χ1n) is 9.07. The molecule has 1 aliphatic rings. The summed E-state index contributed by atoms with van der Waals surface area (Å²) in [5, 5.41) is 6.42. The van der Waals surface area contributed by atoms with Crippen LogP contribution in [0.25, 0.3) is 0 Å². The van der Waals surface area contributed by atoms with Gasteiger partial charge in [0, 0.05) is 10.3 Å². The Kier molecular flexibility index (Phi) is 5.50. The molecule has 0 saturated heterocycles. The topological polar surface area (TPSA) is 64.1 Å². The molecule has 1 N–H and O–H groups in total. The van der Waals surface area contributed by atoms with Gasteiger partial charge in [-0.15, -0.1) is 22.7 Å². The molecule has 0 radical (unpaired) electrons. The lowest BCUT2D eigenvalue weighted by molar-refractivity contribution is -0.115. The maximum Gasteiger partial charge on any atom is 0.232 e. The van der Waals surface area contributed by atoms with Crippen LogP contribution < -0.4 is 10.1 Å². The van der Waals surface area contributed by atoms with E-state index in [0.717, 1.165) is 35.0 Å². The van der Waals surface area contributed by atoms with Gasteiger partial charge in [-0.3, -0.25) is 4.79 Å². The van der Waals surface area contributed by atoms with E-state index < -0.39 is 0 Å². The molecule has 1 aromatic carbocycles. The maximum atomic E-state index is 12.3. The molecule has 0 bridgehead atoms. The Bertz CT molecular complexity index is 908. The zero-order valence-corrected chi connectivity index (χ0v) is 16.8. The Balaban J connectivity index is 1.30. The number of hydrogen-bond donors (Lipinski definition) is 1. The Morgan fingerprint density at radius 3 is 2.81 bits per heavy atom. The number of thiazole rings is 2. The van der Waals surface area contributed by atoms with Gasteiger partial charge in [-0.25, -0.2) is 9.97 Å². The van der Waals surface area contributed by atoms with E-state index in [2.05, 4.69) is 15.3 Å². The van der Waals surface area contributed by atoms with E-state index in [1.165, 1.54) is 34.6 Å². The first-order chi connectivity index (χ1) is 13.2. The number of anilines is 1. The van der Waals surface area contributed by atoms with E-state index >= 15 is 0 Å². The minimum absolute atomic E-state index is 0.0719. The van der Waals surface area contributed by atoms with E-state index in [4.69, 9.17) is 4.74 Å². The summed E-state index contributed by atoms with van der Waals surface area (Å²) in [7, 11) is 0. The van der Waals surface area contributed by atoms with Gasteiger partial charge in [0.15, 0.2) is 5.13 Å². The number of carbonyl (C=O) groups excluding carboxylic acids is 1. The van der Waals surface area contributed by atoms with E-state index in [-0.39, 0.29) is 12.3 Å². The Morgan fingerprint density at radius 2 is 2.00 bits per heavy atom. The number of amides is 1. The number of rotatable bonds is 6. The van der Waals surface area contributed by atoms with Crippen LogP contribution in [-0.4, -0.2) is 15.9 Å². The third-order valence-corrected chi connectivity index (χ3v) is 6.36. The molecule has 0 unspecified atom stereocenters. The fraction of sp³-hybridized carbons (Fsp3) is 0.350. The van der Waals surface area contributed by atoms with Gasteiger partial charge in [0.05, 0.1) is 17.8 Å². The van der Waals surface area contributed by atoms with Crippen LogP contribution >= 0.6 is 22.7 Å². The van der Waals surface area contributed by atoms with Gasteiger partial charge < -0.3 is 10.1 Å². The van der Waals surface area contributed by atoms with Crippen LogP contribution in [0, 0.1) is 6.92 Å². The fourth-order valence-electron chi connectivity index (χ4n) is 3.01. The number of nitrogens with zero attached hydrogens (tertiary/aromatic N) is 2. The molecule has 0 spiro atoms. The summed E-state index contributed by atoms with van der Waals surface area (Å²) in [4.78, 5) is 22.7. The first kappa shape index (κ1) is 18.1. The minimum Gasteiger partial charge on any atom is -0.486 e. The average Bonchev–Trinajstić information content (AvgIpc) is 3.27. The Hall–Kier alpha value is -2.25. The van der Waals surface area contributed by atoms with Gasteiger partial charge in [-0.05, 0) is 44.7 Å². The summed E-state index contributed by atoms with van der Waals surface area (Å²) in [5.74, 6) is 0.750. The van der Waals surface area contributed by atoms with Crippen LogP contribution in [0.3, 0.4) is 0 Å². The third kappa shape index (κ3) is 4.73. The monoisotopic (exact) mass is 399 g/mol. The molecule has 0 fully saturated rings. The van der Waals surface area contributed by atoms with Crippen molar-refractivity contribution in [3.63, 3.8) is 0 Å². The second-order valence-corrected chi connectivity index (χ2v) is 8.68. The van der Waals surface area contributed by atoms with Crippen LogP contribution in [0.4, 0.5) is 5.13 Å². The summed E-state index contributed by atoms with van der Waals surface area (Å²) >= 11 is 3.12. The number of ether oxygens (including phenoxy) is 1. The fourth-order valence-corrected chi connectivity index (χ4v) is 4.78. The lowest BCUT2D eigenvalue weighted by atomic mass is 10.0. The quantitative estimate of drug-likeness (QED) is 0.661. The normalized spacial score (nSPS) is 13.2. The number of aryl methyl sites for hydroxylation is 3. The predicted molar refractivity (Wildman–Crippen MR) is 109 cm³/mol. The van der Waals surface area contributed by atoms with Crippen molar-refractivity contribution in [1.29, 1.82) is 0 Å². The van der Waals surface area contributed by atoms with Crippen molar-refractivity contribution in [2.24, 2.45) is 0 Å². The van der Waals surface area contributed by atoms with Gasteiger partial charge in [0.2, 0.25) is 5.91 Å². The van der Waals surface area contributed by atoms with E-state index in [0.29, 0.717) is 11.7 Å². The molecular formula is C20H21N3O2S2. The van der Waals surface area contributed by atoms with Crippen LogP contribution in [-0.2, 0) is 30.7 Å². The lowest BCUT2D eigenvalue weighted by Crippen LogP contribution is -2.14. The highest BCUT2D eigenvalue weighted by Crippen LogP contribution is 2.29. The van der Waals surface area contributed by atoms with Gasteiger partial charge in [-0.1, -0.05) is 17.7 Å². The molecule has 0 saturated carbocycles. The Labute approximate surface area is 166 Å². The molecule has 1 amide bonds.